The van der Waals surface area contributed by atoms with Crippen LogP contribution in [0.25, 0.3) is 0 Å². The van der Waals surface area contributed by atoms with E-state index in [1.54, 1.807) is 0 Å². The molecule has 30 atom stereocenters. The van der Waals surface area contributed by atoms with Gasteiger partial charge in [0.2, 0.25) is 0 Å². The Morgan fingerprint density at radius 2 is 1.07 bits per heavy atom. The summed E-state index contributed by atoms with van der Waals surface area (Å²) < 4.78 is 48.8. The fourth-order valence-electron chi connectivity index (χ4n) is 15.8. The van der Waals surface area contributed by atoms with Gasteiger partial charge < -0.3 is 114 Å². The molecule has 0 unspecified atom stereocenters. The highest BCUT2D eigenvalue weighted by molar-refractivity contribution is 5.17. The molecule has 4 aliphatic heterocycles. The topological polar surface area (TPSA) is 377 Å². The molecule has 0 aromatic heterocycles. The van der Waals surface area contributed by atoms with Crippen molar-refractivity contribution in [1.82, 2.24) is 0 Å². The first-order valence-electron chi connectivity index (χ1n) is 27.5. The van der Waals surface area contributed by atoms with Gasteiger partial charge in [-0.3, -0.25) is 0 Å². The minimum Gasteiger partial charge on any atom is -0.394 e. The summed E-state index contributed by atoms with van der Waals surface area (Å²) in [5.41, 5.74) is -1.04. The summed E-state index contributed by atoms with van der Waals surface area (Å²) in [7, 11) is 0. The van der Waals surface area contributed by atoms with Crippen LogP contribution in [0.2, 0.25) is 0 Å². The van der Waals surface area contributed by atoms with Crippen molar-refractivity contribution in [2.24, 2.45) is 45.8 Å². The third kappa shape index (κ3) is 11.0. The molecule has 8 rings (SSSR count). The average Bonchev–Trinajstić information content (AvgIpc) is 3.88. The van der Waals surface area contributed by atoms with Crippen LogP contribution < -0.4 is 0 Å². The van der Waals surface area contributed by atoms with Gasteiger partial charge in [-0.2, -0.15) is 0 Å². The molecule has 0 spiro atoms. The van der Waals surface area contributed by atoms with E-state index in [0.29, 0.717) is 38.5 Å². The Morgan fingerprint density at radius 1 is 0.553 bits per heavy atom. The quantitative estimate of drug-likeness (QED) is 0.0557. The third-order valence-electron chi connectivity index (χ3n) is 20.1. The van der Waals surface area contributed by atoms with Crippen LogP contribution in [0.4, 0.5) is 0 Å². The molecule has 440 valence electrons. The van der Waals surface area contributed by atoms with Crippen molar-refractivity contribution < 1.29 is 114 Å². The SMILES string of the molecule is CC(C)=CCC[C@](C)(O[C@@H]1O[C@H](CO[C@@H]2O[C@H](CO)[C@@H](O)[C@H](O)[C@H]2O)[C@@H](O)[C@H](O)[C@H]1O)[C@H]1CC[C@H]2[C@@H]1[C@H](O)C[C@@H]1[C@@]3(C)CC[C@@H](O[C@@H]4O[C@H](CO)[C@@H](O)[C@H](O)[C@H]4O[C@@H]4O[C@H](CO)[C@@H](O)[C@H](O)[C@H]4O)C(C)(C)[C@H]3CC[C@]12C. The summed E-state index contributed by atoms with van der Waals surface area (Å²) in [6, 6.07) is 0. The lowest BCUT2D eigenvalue weighted by Gasteiger charge is -2.68. The minimum absolute atomic E-state index is 0.0531. The van der Waals surface area contributed by atoms with Gasteiger partial charge in [-0.15, -0.1) is 0 Å². The Kier molecular flexibility index (Phi) is 18.9. The van der Waals surface area contributed by atoms with Gasteiger partial charge in [0.05, 0.1) is 44.2 Å². The molecule has 0 bridgehead atoms. The van der Waals surface area contributed by atoms with E-state index in [-0.39, 0.29) is 40.4 Å². The number of hydrogen-bond acceptors (Lipinski definition) is 23. The number of fused-ring (bicyclic) bond motifs is 5. The highest BCUT2D eigenvalue weighted by Gasteiger charge is 2.68. The number of aliphatic hydroxyl groups excluding tert-OH is 15. The third-order valence-corrected chi connectivity index (χ3v) is 20.1. The van der Waals surface area contributed by atoms with Gasteiger partial charge in [0.1, 0.15) is 97.7 Å². The summed E-state index contributed by atoms with van der Waals surface area (Å²) >= 11 is 0. The molecule has 0 radical (unpaired) electrons. The predicted molar refractivity (Wildman–Crippen MR) is 262 cm³/mol. The van der Waals surface area contributed by atoms with E-state index < -0.39 is 172 Å². The second-order valence-electron chi connectivity index (χ2n) is 25.1. The smallest absolute Gasteiger partial charge is 0.187 e. The van der Waals surface area contributed by atoms with Crippen molar-refractivity contribution in [3.8, 4) is 0 Å². The highest BCUT2D eigenvalue weighted by Crippen LogP contribution is 2.72. The van der Waals surface area contributed by atoms with Gasteiger partial charge in [-0.05, 0) is 124 Å². The maximum absolute atomic E-state index is 12.7. The summed E-state index contributed by atoms with van der Waals surface area (Å²) in [5.74, 6) is -0.276. The molecule has 0 amide bonds. The van der Waals surface area contributed by atoms with Gasteiger partial charge in [-0.25, -0.2) is 0 Å². The normalized spacial score (nSPS) is 52.2. The molecule has 4 aliphatic carbocycles. The Labute approximate surface area is 444 Å². The molecule has 15 N–H and O–H groups in total. The maximum atomic E-state index is 12.7. The number of rotatable bonds is 16. The van der Waals surface area contributed by atoms with Crippen molar-refractivity contribution in [3.63, 3.8) is 0 Å². The van der Waals surface area contributed by atoms with Gasteiger partial charge in [0.15, 0.2) is 25.2 Å². The zero-order valence-electron chi connectivity index (χ0n) is 44.8. The molecule has 8 fully saturated rings. The number of allylic oxidation sites excluding steroid dienone is 2. The first-order valence-corrected chi connectivity index (χ1v) is 27.5. The van der Waals surface area contributed by atoms with Crippen LogP contribution in [0.15, 0.2) is 11.6 Å². The van der Waals surface area contributed by atoms with E-state index in [1.807, 2.05) is 20.8 Å². The Morgan fingerprint density at radius 3 is 1.66 bits per heavy atom. The molecule has 23 heteroatoms. The molecule has 4 saturated carbocycles. The lowest BCUT2D eigenvalue weighted by atomic mass is 9.38. The molecular formula is C53H90O23. The van der Waals surface area contributed by atoms with E-state index in [2.05, 4.69) is 33.8 Å². The lowest BCUT2D eigenvalue weighted by Crippen LogP contribution is -2.66. The Hall–Kier alpha value is -1.18. The molecule has 0 aromatic carbocycles. The number of ether oxygens (including phenoxy) is 8. The van der Waals surface area contributed by atoms with Crippen LogP contribution in [-0.2, 0) is 37.9 Å². The van der Waals surface area contributed by atoms with Crippen LogP contribution in [0.5, 0.6) is 0 Å². The van der Waals surface area contributed by atoms with Gasteiger partial charge in [-0.1, -0.05) is 39.3 Å². The van der Waals surface area contributed by atoms with Crippen molar-refractivity contribution in [1.29, 1.82) is 0 Å². The van der Waals surface area contributed by atoms with Crippen molar-refractivity contribution in [2.75, 3.05) is 26.4 Å². The summed E-state index contributed by atoms with van der Waals surface area (Å²) in [6.07, 6.45) is -24.9. The van der Waals surface area contributed by atoms with Crippen LogP contribution >= 0.6 is 0 Å². The Balaban J connectivity index is 0.991. The van der Waals surface area contributed by atoms with E-state index in [1.165, 1.54) is 0 Å². The largest absolute Gasteiger partial charge is 0.394 e. The van der Waals surface area contributed by atoms with Gasteiger partial charge in [0.25, 0.3) is 0 Å². The van der Waals surface area contributed by atoms with Crippen molar-refractivity contribution in [3.05, 3.63) is 11.6 Å². The molecule has 76 heavy (non-hydrogen) atoms. The van der Waals surface area contributed by atoms with Crippen molar-refractivity contribution >= 4 is 0 Å². The molecule has 4 saturated heterocycles. The predicted octanol–water partition coefficient (Wildman–Crippen LogP) is -2.59. The lowest BCUT2D eigenvalue weighted by molar-refractivity contribution is -0.378. The fourth-order valence-corrected chi connectivity index (χ4v) is 15.8. The summed E-state index contributed by atoms with van der Waals surface area (Å²) in [4.78, 5) is 0. The monoisotopic (exact) mass is 1090 g/mol. The van der Waals surface area contributed by atoms with Gasteiger partial charge >= 0.3 is 0 Å². The van der Waals surface area contributed by atoms with Gasteiger partial charge in [0, 0.05) is 0 Å². The first-order chi connectivity index (χ1) is 35.7. The number of hydrogen-bond donors (Lipinski definition) is 15. The standard InChI is InChI=1S/C53H90O23/c1-22(2)9-8-14-53(7,76-48-44(68)40(64)37(61)29(73-48)21-69-46-42(66)38(62)34(58)26(18-54)70-46)24-11-10-23-33(24)25(57)17-31-51(23,5)15-12-30-50(3,4)32(13-16-52(30,31)6)74-49-45(41(65)36(60)28(20-56)72-49)75-47-43(67)39(63)35(59)27(19-55)71-47/h9,23-49,54-68H,8,10-21H2,1-7H3/t23-,24-,25+,26+,27+,28+,29+,30+,31-,32+,33-,34+,35+,36+,37+,38-,39-,40-,41-,42+,43+,44+,45+,46+,47-,48-,49-,51-,52-,53-/m0/s1. The Bertz CT molecular complexity index is 1940. The zero-order chi connectivity index (χ0) is 55.7. The second-order valence-corrected chi connectivity index (χ2v) is 25.1. The minimum atomic E-state index is -1.81. The fraction of sp³-hybridized carbons (Fsp3) is 0.962. The molecule has 8 aliphatic rings. The maximum Gasteiger partial charge on any atom is 0.187 e. The van der Waals surface area contributed by atoms with Crippen LogP contribution in [0.3, 0.4) is 0 Å². The van der Waals surface area contributed by atoms with E-state index in [4.69, 9.17) is 37.9 Å². The van der Waals surface area contributed by atoms with Crippen molar-refractivity contribution in [2.45, 2.75) is 247 Å². The van der Waals surface area contributed by atoms with Crippen LogP contribution in [-0.4, -0.2) is 244 Å². The number of aliphatic hydroxyl groups is 15. The second kappa shape index (κ2) is 23.6. The summed E-state index contributed by atoms with van der Waals surface area (Å²) in [5, 5.41) is 161. The van der Waals surface area contributed by atoms with E-state index >= 15 is 0 Å². The van der Waals surface area contributed by atoms with Crippen LogP contribution in [0, 0.1) is 45.8 Å². The molecular weight excluding hydrogens is 1000 g/mol. The first kappa shape index (κ1) is 60.9. The van der Waals surface area contributed by atoms with E-state index in [0.717, 1.165) is 24.8 Å². The van der Waals surface area contributed by atoms with Crippen LogP contribution in [0.1, 0.15) is 106 Å². The average molecular weight is 1100 g/mol. The molecule has 23 nitrogen and oxygen atoms in total. The molecule has 4 heterocycles. The highest BCUT2D eigenvalue weighted by atomic mass is 16.8. The molecule has 0 aromatic rings. The van der Waals surface area contributed by atoms with E-state index in [9.17, 15) is 76.6 Å². The zero-order valence-corrected chi connectivity index (χ0v) is 44.8. The summed E-state index contributed by atoms with van der Waals surface area (Å²) in [6.45, 7) is 12.3.